The predicted molar refractivity (Wildman–Crippen MR) is 91.2 cm³/mol. The highest BCUT2D eigenvalue weighted by atomic mass is 32.2. The maximum Gasteiger partial charge on any atom is 0.123 e. The number of nitrogens with zero attached hydrogens (tertiary/aromatic N) is 1. The lowest BCUT2D eigenvalue weighted by molar-refractivity contribution is -0.914. The third-order valence-electron chi connectivity index (χ3n) is 4.28. The summed E-state index contributed by atoms with van der Waals surface area (Å²) in [6.07, 6.45) is 2.11. The number of rotatable bonds is 4. The van der Waals surface area contributed by atoms with Crippen LogP contribution in [0.2, 0.25) is 0 Å². The Morgan fingerprint density at radius 1 is 1.00 bits per heavy atom. The second-order valence-electron chi connectivity index (χ2n) is 5.74. The van der Waals surface area contributed by atoms with Crippen LogP contribution in [0.25, 0.3) is 0 Å². The van der Waals surface area contributed by atoms with Gasteiger partial charge >= 0.3 is 0 Å². The number of benzene rings is 2. The van der Waals surface area contributed by atoms with Gasteiger partial charge in [0.1, 0.15) is 12.4 Å². The molecule has 0 amide bonds. The zero-order valence-electron chi connectivity index (χ0n) is 12.9. The van der Waals surface area contributed by atoms with E-state index >= 15 is 0 Å². The van der Waals surface area contributed by atoms with Crippen LogP contribution in [0.15, 0.2) is 53.4 Å². The molecule has 22 heavy (non-hydrogen) atoms. The fraction of sp³-hybridized carbons (Fsp3) is 0.333. The van der Waals surface area contributed by atoms with Crippen molar-refractivity contribution in [1.29, 1.82) is 0 Å². The van der Waals surface area contributed by atoms with E-state index in [4.69, 9.17) is 0 Å². The number of hydrogen-bond acceptors (Lipinski definition) is 2. The van der Waals surface area contributed by atoms with Crippen LogP contribution in [0.4, 0.5) is 10.1 Å². The lowest BCUT2D eigenvalue weighted by atomic mass is 10.2. The van der Waals surface area contributed by atoms with Crippen LogP contribution in [-0.4, -0.2) is 32.4 Å². The lowest BCUT2D eigenvalue weighted by Gasteiger charge is -2.33. The van der Waals surface area contributed by atoms with Gasteiger partial charge in [0.25, 0.3) is 0 Å². The van der Waals surface area contributed by atoms with Crippen LogP contribution < -0.4 is 9.80 Å². The molecule has 1 aliphatic rings. The van der Waals surface area contributed by atoms with Gasteiger partial charge in [-0.3, -0.25) is 0 Å². The molecule has 0 saturated carbocycles. The highest BCUT2D eigenvalue weighted by molar-refractivity contribution is 7.98. The van der Waals surface area contributed by atoms with Crippen molar-refractivity contribution < 1.29 is 9.29 Å². The normalized spacial score (nSPS) is 16.0. The molecule has 116 valence electrons. The third-order valence-corrected chi connectivity index (χ3v) is 5.02. The number of anilines is 1. The Morgan fingerprint density at radius 2 is 1.64 bits per heavy atom. The Morgan fingerprint density at radius 3 is 2.23 bits per heavy atom. The average Bonchev–Trinajstić information content (AvgIpc) is 2.57. The molecule has 1 saturated heterocycles. The van der Waals surface area contributed by atoms with E-state index in [9.17, 15) is 4.39 Å². The van der Waals surface area contributed by atoms with Gasteiger partial charge in [-0.15, -0.1) is 11.8 Å². The molecule has 2 aromatic rings. The summed E-state index contributed by atoms with van der Waals surface area (Å²) in [7, 11) is 0. The molecular weight excluding hydrogens is 295 g/mol. The summed E-state index contributed by atoms with van der Waals surface area (Å²) in [5.74, 6) is -0.165. The molecule has 1 aliphatic heterocycles. The van der Waals surface area contributed by atoms with Gasteiger partial charge in [-0.2, -0.15) is 0 Å². The number of quaternary nitrogens is 1. The summed E-state index contributed by atoms with van der Waals surface area (Å²) < 4.78 is 13.0. The molecule has 2 aromatic carbocycles. The van der Waals surface area contributed by atoms with Gasteiger partial charge in [-0.05, 0) is 42.7 Å². The van der Waals surface area contributed by atoms with Crippen LogP contribution in [0.3, 0.4) is 0 Å². The second kappa shape index (κ2) is 7.16. The maximum absolute atomic E-state index is 13.0. The van der Waals surface area contributed by atoms with Crippen molar-refractivity contribution in [1.82, 2.24) is 0 Å². The zero-order valence-corrected chi connectivity index (χ0v) is 13.7. The van der Waals surface area contributed by atoms with E-state index in [1.54, 1.807) is 28.8 Å². The monoisotopic (exact) mass is 317 g/mol. The first-order valence-corrected chi connectivity index (χ1v) is 8.94. The Labute approximate surface area is 135 Å². The molecule has 1 heterocycles. The maximum atomic E-state index is 13.0. The van der Waals surface area contributed by atoms with Crippen LogP contribution >= 0.6 is 11.8 Å². The predicted octanol–water partition coefficient (Wildman–Crippen LogP) is 2.45. The fourth-order valence-corrected chi connectivity index (χ4v) is 3.35. The van der Waals surface area contributed by atoms with Crippen molar-refractivity contribution in [2.75, 3.05) is 37.3 Å². The van der Waals surface area contributed by atoms with E-state index < -0.39 is 0 Å². The Hall–Kier alpha value is -1.52. The Balaban J connectivity index is 1.53. The van der Waals surface area contributed by atoms with E-state index in [0.29, 0.717) is 0 Å². The molecule has 1 fully saturated rings. The SMILES string of the molecule is CSc1ccc(C[NH+]2CCN(c3ccc(F)cc3)CC2)cc1. The van der Waals surface area contributed by atoms with Crippen LogP contribution in [0.1, 0.15) is 5.56 Å². The topological polar surface area (TPSA) is 7.68 Å². The van der Waals surface area contributed by atoms with E-state index in [2.05, 4.69) is 35.4 Å². The quantitative estimate of drug-likeness (QED) is 0.867. The summed E-state index contributed by atoms with van der Waals surface area (Å²) in [6.45, 7) is 5.41. The minimum Gasteiger partial charge on any atom is -0.360 e. The number of halogens is 1. The van der Waals surface area contributed by atoms with E-state index in [-0.39, 0.29) is 5.82 Å². The fourth-order valence-electron chi connectivity index (χ4n) is 2.94. The smallest absolute Gasteiger partial charge is 0.123 e. The minimum absolute atomic E-state index is 0.165. The van der Waals surface area contributed by atoms with Crippen molar-refractivity contribution in [3.8, 4) is 0 Å². The molecule has 2 nitrogen and oxygen atoms in total. The van der Waals surface area contributed by atoms with Crippen molar-refractivity contribution in [3.63, 3.8) is 0 Å². The van der Waals surface area contributed by atoms with E-state index in [1.807, 2.05) is 12.1 Å². The first kappa shape index (κ1) is 15.4. The van der Waals surface area contributed by atoms with Crippen LogP contribution in [-0.2, 0) is 6.54 Å². The largest absolute Gasteiger partial charge is 0.360 e. The second-order valence-corrected chi connectivity index (χ2v) is 6.62. The summed E-state index contributed by atoms with van der Waals surface area (Å²) in [4.78, 5) is 5.29. The molecule has 0 aromatic heterocycles. The number of hydrogen-bond donors (Lipinski definition) is 1. The first-order chi connectivity index (χ1) is 10.7. The van der Waals surface area contributed by atoms with Gasteiger partial charge < -0.3 is 9.80 Å². The average molecular weight is 317 g/mol. The van der Waals surface area contributed by atoms with Gasteiger partial charge in [0.15, 0.2) is 0 Å². The van der Waals surface area contributed by atoms with Crippen molar-refractivity contribution in [2.24, 2.45) is 0 Å². The Kier molecular flexibility index (Phi) is 5.01. The van der Waals surface area contributed by atoms with Gasteiger partial charge in [0.05, 0.1) is 26.2 Å². The highest BCUT2D eigenvalue weighted by Gasteiger charge is 2.20. The summed E-state index contributed by atoms with van der Waals surface area (Å²) >= 11 is 1.78. The molecule has 0 bridgehead atoms. The first-order valence-electron chi connectivity index (χ1n) is 7.71. The molecule has 0 spiro atoms. The van der Waals surface area contributed by atoms with E-state index in [1.165, 1.54) is 10.5 Å². The molecule has 0 unspecified atom stereocenters. The summed E-state index contributed by atoms with van der Waals surface area (Å²) in [6, 6.07) is 15.7. The van der Waals surface area contributed by atoms with Crippen molar-refractivity contribution >= 4 is 17.4 Å². The zero-order chi connectivity index (χ0) is 15.4. The molecule has 1 N–H and O–H groups in total. The van der Waals surface area contributed by atoms with Gasteiger partial charge in [-0.25, -0.2) is 4.39 Å². The van der Waals surface area contributed by atoms with Crippen molar-refractivity contribution in [3.05, 3.63) is 59.9 Å². The molecule has 3 rings (SSSR count). The van der Waals surface area contributed by atoms with Crippen molar-refractivity contribution in [2.45, 2.75) is 11.4 Å². The molecular formula is C18H22FN2S+. The van der Waals surface area contributed by atoms with E-state index in [0.717, 1.165) is 38.4 Å². The third kappa shape index (κ3) is 3.81. The lowest BCUT2D eigenvalue weighted by Crippen LogP contribution is -3.13. The minimum atomic E-state index is -0.165. The molecule has 4 heteroatoms. The number of nitrogens with one attached hydrogen (secondary N) is 1. The molecule has 0 aliphatic carbocycles. The highest BCUT2D eigenvalue weighted by Crippen LogP contribution is 2.15. The van der Waals surface area contributed by atoms with Gasteiger partial charge in [0, 0.05) is 16.1 Å². The van der Waals surface area contributed by atoms with Crippen LogP contribution in [0.5, 0.6) is 0 Å². The number of thioether (sulfide) groups is 1. The van der Waals surface area contributed by atoms with Gasteiger partial charge in [0.2, 0.25) is 0 Å². The van der Waals surface area contributed by atoms with Gasteiger partial charge in [-0.1, -0.05) is 12.1 Å². The molecule has 0 atom stereocenters. The van der Waals surface area contributed by atoms with Crippen LogP contribution in [0, 0.1) is 5.82 Å². The Bertz CT molecular complexity index is 589. The summed E-state index contributed by atoms with van der Waals surface area (Å²) in [5.41, 5.74) is 2.54. The summed E-state index contributed by atoms with van der Waals surface area (Å²) in [5, 5.41) is 0. The molecule has 0 radical (unpaired) electrons. The standard InChI is InChI=1S/C18H21FN2S/c1-22-18-8-2-15(3-9-18)14-20-10-12-21(13-11-20)17-6-4-16(19)5-7-17/h2-9H,10-14H2,1H3/p+1. The number of piperazine rings is 1.